The summed E-state index contributed by atoms with van der Waals surface area (Å²) < 4.78 is 5.49. The van der Waals surface area contributed by atoms with E-state index in [4.69, 9.17) is 10.5 Å². The lowest BCUT2D eigenvalue weighted by Gasteiger charge is -2.10. The summed E-state index contributed by atoms with van der Waals surface area (Å²) in [5, 5.41) is 0. The third-order valence-corrected chi connectivity index (χ3v) is 1.77. The summed E-state index contributed by atoms with van der Waals surface area (Å²) in [6, 6.07) is 6.11. The predicted molar refractivity (Wildman–Crippen MR) is 57.7 cm³/mol. The van der Waals surface area contributed by atoms with E-state index < -0.39 is 0 Å². The SMILES string of the molecule is Cc1cccc(C)c1OCCN.Cl. The van der Waals surface area contributed by atoms with Gasteiger partial charge in [0.1, 0.15) is 12.4 Å². The predicted octanol–water partition coefficient (Wildman–Crippen LogP) is 2.06. The minimum Gasteiger partial charge on any atom is -0.492 e. The van der Waals surface area contributed by atoms with Gasteiger partial charge in [0.15, 0.2) is 0 Å². The number of halogens is 1. The Kier molecular flexibility index (Phi) is 5.51. The number of hydrogen-bond donors (Lipinski definition) is 1. The van der Waals surface area contributed by atoms with Crippen LogP contribution in [0.4, 0.5) is 0 Å². The lowest BCUT2D eigenvalue weighted by Crippen LogP contribution is -2.11. The molecular weight excluding hydrogens is 186 g/mol. The molecule has 1 rings (SSSR count). The van der Waals surface area contributed by atoms with Crippen LogP contribution >= 0.6 is 12.4 Å². The molecule has 74 valence electrons. The van der Waals surface area contributed by atoms with E-state index in [-0.39, 0.29) is 12.4 Å². The van der Waals surface area contributed by atoms with Crippen molar-refractivity contribution in [3.63, 3.8) is 0 Å². The summed E-state index contributed by atoms with van der Waals surface area (Å²) in [6.07, 6.45) is 0. The normalized spacial score (nSPS) is 9.15. The third-order valence-electron chi connectivity index (χ3n) is 1.77. The van der Waals surface area contributed by atoms with Gasteiger partial charge in [0, 0.05) is 6.54 Å². The van der Waals surface area contributed by atoms with Crippen molar-refractivity contribution < 1.29 is 4.74 Å². The Labute approximate surface area is 85.5 Å². The van der Waals surface area contributed by atoms with Crippen LogP contribution < -0.4 is 10.5 Å². The highest BCUT2D eigenvalue weighted by atomic mass is 35.5. The average Bonchev–Trinajstić information content (AvgIpc) is 2.04. The molecule has 2 nitrogen and oxygen atoms in total. The van der Waals surface area contributed by atoms with Crippen LogP contribution in [0.1, 0.15) is 11.1 Å². The largest absolute Gasteiger partial charge is 0.492 e. The Morgan fingerprint density at radius 3 is 2.23 bits per heavy atom. The van der Waals surface area contributed by atoms with Gasteiger partial charge >= 0.3 is 0 Å². The van der Waals surface area contributed by atoms with Gasteiger partial charge in [-0.05, 0) is 25.0 Å². The number of nitrogens with two attached hydrogens (primary N) is 1. The van der Waals surface area contributed by atoms with Crippen molar-refractivity contribution in [3.05, 3.63) is 29.3 Å². The van der Waals surface area contributed by atoms with Gasteiger partial charge in [0.2, 0.25) is 0 Å². The van der Waals surface area contributed by atoms with Crippen LogP contribution in [0.15, 0.2) is 18.2 Å². The molecule has 0 saturated carbocycles. The van der Waals surface area contributed by atoms with Gasteiger partial charge in [0.05, 0.1) is 0 Å². The Morgan fingerprint density at radius 1 is 1.23 bits per heavy atom. The topological polar surface area (TPSA) is 35.2 Å². The molecule has 2 N–H and O–H groups in total. The smallest absolute Gasteiger partial charge is 0.125 e. The van der Waals surface area contributed by atoms with Crippen LogP contribution in [0, 0.1) is 13.8 Å². The quantitative estimate of drug-likeness (QED) is 0.813. The second-order valence-electron chi connectivity index (χ2n) is 2.86. The third kappa shape index (κ3) is 3.25. The molecule has 13 heavy (non-hydrogen) atoms. The van der Waals surface area contributed by atoms with E-state index in [0.717, 1.165) is 5.75 Å². The number of benzene rings is 1. The maximum atomic E-state index is 5.49. The van der Waals surface area contributed by atoms with Crippen LogP contribution in [0.25, 0.3) is 0 Å². The average molecular weight is 202 g/mol. The Balaban J connectivity index is 0.00000144. The van der Waals surface area contributed by atoms with Crippen molar-refractivity contribution >= 4 is 12.4 Å². The molecule has 1 aromatic carbocycles. The molecule has 0 bridgehead atoms. The summed E-state index contributed by atoms with van der Waals surface area (Å²) in [5.74, 6) is 0.975. The van der Waals surface area contributed by atoms with Crippen LogP contribution in [-0.4, -0.2) is 13.2 Å². The molecule has 0 spiro atoms. The molecule has 0 heterocycles. The van der Waals surface area contributed by atoms with Gasteiger partial charge in [-0.3, -0.25) is 0 Å². The van der Waals surface area contributed by atoms with Crippen molar-refractivity contribution in [1.82, 2.24) is 0 Å². The number of ether oxygens (including phenoxy) is 1. The van der Waals surface area contributed by atoms with Crippen molar-refractivity contribution in [3.8, 4) is 5.75 Å². The molecular formula is C10H16ClNO. The van der Waals surface area contributed by atoms with Gasteiger partial charge < -0.3 is 10.5 Å². The van der Waals surface area contributed by atoms with E-state index in [1.165, 1.54) is 11.1 Å². The fourth-order valence-corrected chi connectivity index (χ4v) is 1.19. The van der Waals surface area contributed by atoms with Gasteiger partial charge in [-0.25, -0.2) is 0 Å². The molecule has 0 aliphatic heterocycles. The standard InChI is InChI=1S/C10H15NO.ClH/c1-8-4-3-5-9(2)10(8)12-7-6-11;/h3-5H,6-7,11H2,1-2H3;1H. The Bertz CT molecular complexity index is 243. The Morgan fingerprint density at radius 2 is 1.77 bits per heavy atom. The molecule has 0 amide bonds. The molecule has 0 radical (unpaired) electrons. The monoisotopic (exact) mass is 201 g/mol. The highest BCUT2D eigenvalue weighted by Crippen LogP contribution is 2.21. The van der Waals surface area contributed by atoms with Crippen LogP contribution in [0.3, 0.4) is 0 Å². The van der Waals surface area contributed by atoms with E-state index in [2.05, 4.69) is 0 Å². The van der Waals surface area contributed by atoms with Gasteiger partial charge in [0.25, 0.3) is 0 Å². The minimum absolute atomic E-state index is 0. The van der Waals surface area contributed by atoms with E-state index >= 15 is 0 Å². The molecule has 0 aliphatic carbocycles. The first-order valence-electron chi connectivity index (χ1n) is 4.15. The van der Waals surface area contributed by atoms with Crippen LogP contribution in [-0.2, 0) is 0 Å². The lowest BCUT2D eigenvalue weighted by molar-refractivity contribution is 0.324. The summed E-state index contributed by atoms with van der Waals surface area (Å²) in [5.41, 5.74) is 7.69. The van der Waals surface area contributed by atoms with E-state index in [9.17, 15) is 0 Å². The summed E-state index contributed by atoms with van der Waals surface area (Å²) >= 11 is 0. The zero-order valence-electron chi connectivity index (χ0n) is 8.04. The molecule has 1 aromatic rings. The number of rotatable bonds is 3. The maximum absolute atomic E-state index is 5.49. The lowest BCUT2D eigenvalue weighted by atomic mass is 10.1. The van der Waals surface area contributed by atoms with Gasteiger partial charge in [-0.1, -0.05) is 18.2 Å². The molecule has 0 unspecified atom stereocenters. The maximum Gasteiger partial charge on any atom is 0.125 e. The van der Waals surface area contributed by atoms with Crippen molar-refractivity contribution in [2.75, 3.05) is 13.2 Å². The van der Waals surface area contributed by atoms with Crippen LogP contribution in [0.2, 0.25) is 0 Å². The minimum atomic E-state index is 0. The zero-order valence-corrected chi connectivity index (χ0v) is 8.86. The van der Waals surface area contributed by atoms with Gasteiger partial charge in [-0.15, -0.1) is 12.4 Å². The molecule has 0 fully saturated rings. The van der Waals surface area contributed by atoms with E-state index in [1.54, 1.807) is 0 Å². The second-order valence-corrected chi connectivity index (χ2v) is 2.86. The highest BCUT2D eigenvalue weighted by Gasteiger charge is 2.00. The van der Waals surface area contributed by atoms with Crippen molar-refractivity contribution in [1.29, 1.82) is 0 Å². The van der Waals surface area contributed by atoms with Crippen molar-refractivity contribution in [2.24, 2.45) is 5.73 Å². The zero-order chi connectivity index (χ0) is 8.97. The molecule has 3 heteroatoms. The Hall–Kier alpha value is -0.730. The second kappa shape index (κ2) is 5.84. The fourth-order valence-electron chi connectivity index (χ4n) is 1.19. The first-order valence-corrected chi connectivity index (χ1v) is 4.15. The molecule has 0 saturated heterocycles. The summed E-state index contributed by atoms with van der Waals surface area (Å²) in [4.78, 5) is 0. The molecule has 0 aliphatic rings. The number of aryl methyl sites for hydroxylation is 2. The number of hydrogen-bond acceptors (Lipinski definition) is 2. The fraction of sp³-hybridized carbons (Fsp3) is 0.400. The molecule has 0 aromatic heterocycles. The van der Waals surface area contributed by atoms with E-state index in [0.29, 0.717) is 13.2 Å². The van der Waals surface area contributed by atoms with E-state index in [1.807, 2.05) is 32.0 Å². The molecule has 0 atom stereocenters. The van der Waals surface area contributed by atoms with Gasteiger partial charge in [-0.2, -0.15) is 0 Å². The first-order chi connectivity index (χ1) is 5.75. The van der Waals surface area contributed by atoms with Crippen LogP contribution in [0.5, 0.6) is 5.75 Å². The summed E-state index contributed by atoms with van der Waals surface area (Å²) in [7, 11) is 0. The summed E-state index contributed by atoms with van der Waals surface area (Å²) in [6.45, 7) is 5.23. The highest BCUT2D eigenvalue weighted by molar-refractivity contribution is 5.85. The number of para-hydroxylation sites is 1. The van der Waals surface area contributed by atoms with Crippen molar-refractivity contribution in [2.45, 2.75) is 13.8 Å². The first kappa shape index (κ1) is 12.3.